The van der Waals surface area contributed by atoms with Gasteiger partial charge < -0.3 is 10.0 Å². The second-order valence-corrected chi connectivity index (χ2v) is 6.33. The van der Waals surface area contributed by atoms with Gasteiger partial charge in [0.2, 0.25) is 5.82 Å². The SMILES string of the molecule is Cc1nc(C(=O)N(C)CCCC(=O)O)nn1-c1ccccc1C(C)C. The number of carboxylic acids is 1. The zero-order chi connectivity index (χ0) is 18.6. The molecular weight excluding hydrogens is 320 g/mol. The molecule has 0 unspecified atom stereocenters. The largest absolute Gasteiger partial charge is 0.481 e. The normalized spacial score (nSPS) is 10.9. The molecule has 25 heavy (non-hydrogen) atoms. The summed E-state index contributed by atoms with van der Waals surface area (Å²) in [6, 6.07) is 7.91. The van der Waals surface area contributed by atoms with Gasteiger partial charge in [0.05, 0.1) is 5.69 Å². The van der Waals surface area contributed by atoms with Gasteiger partial charge in [-0.1, -0.05) is 32.0 Å². The van der Waals surface area contributed by atoms with Gasteiger partial charge in [-0.3, -0.25) is 9.59 Å². The number of hydrogen-bond donors (Lipinski definition) is 1. The van der Waals surface area contributed by atoms with Crippen LogP contribution in [0.25, 0.3) is 5.69 Å². The molecule has 1 heterocycles. The molecule has 0 atom stereocenters. The maximum atomic E-state index is 12.5. The first-order valence-electron chi connectivity index (χ1n) is 8.31. The van der Waals surface area contributed by atoms with Crippen LogP contribution in [0.3, 0.4) is 0 Å². The number of hydrogen-bond acceptors (Lipinski definition) is 4. The van der Waals surface area contributed by atoms with Gasteiger partial charge >= 0.3 is 5.97 Å². The van der Waals surface area contributed by atoms with E-state index in [4.69, 9.17) is 5.11 Å². The van der Waals surface area contributed by atoms with Crippen LogP contribution in [0.4, 0.5) is 0 Å². The van der Waals surface area contributed by atoms with Crippen molar-refractivity contribution in [2.75, 3.05) is 13.6 Å². The summed E-state index contributed by atoms with van der Waals surface area (Å²) in [4.78, 5) is 28.8. The Kier molecular flexibility index (Phi) is 5.90. The van der Waals surface area contributed by atoms with Gasteiger partial charge in [0.15, 0.2) is 0 Å². The van der Waals surface area contributed by atoms with Gasteiger partial charge in [-0.25, -0.2) is 9.67 Å². The molecule has 0 aliphatic heterocycles. The van der Waals surface area contributed by atoms with E-state index >= 15 is 0 Å². The lowest BCUT2D eigenvalue weighted by molar-refractivity contribution is -0.137. The summed E-state index contributed by atoms with van der Waals surface area (Å²) in [6.07, 6.45) is 0.424. The Labute approximate surface area is 147 Å². The predicted molar refractivity (Wildman–Crippen MR) is 94.0 cm³/mol. The smallest absolute Gasteiger partial charge is 0.303 e. The summed E-state index contributed by atoms with van der Waals surface area (Å²) < 4.78 is 1.69. The Bertz CT molecular complexity index is 767. The van der Waals surface area contributed by atoms with Gasteiger partial charge in [-0.05, 0) is 30.9 Å². The second kappa shape index (κ2) is 7.92. The molecule has 2 aromatic rings. The Morgan fingerprint density at radius 3 is 2.60 bits per heavy atom. The lowest BCUT2D eigenvalue weighted by atomic mass is 10.0. The fourth-order valence-electron chi connectivity index (χ4n) is 2.62. The van der Waals surface area contributed by atoms with Crippen molar-refractivity contribution >= 4 is 11.9 Å². The molecule has 1 aromatic heterocycles. The Morgan fingerprint density at radius 1 is 1.28 bits per heavy atom. The summed E-state index contributed by atoms with van der Waals surface area (Å²) in [7, 11) is 1.63. The highest BCUT2D eigenvalue weighted by Gasteiger charge is 2.20. The molecule has 2 rings (SSSR count). The summed E-state index contributed by atoms with van der Waals surface area (Å²) >= 11 is 0. The van der Waals surface area contributed by atoms with E-state index in [1.165, 1.54) is 4.90 Å². The fraction of sp³-hybridized carbons (Fsp3) is 0.444. The van der Waals surface area contributed by atoms with Crippen LogP contribution in [0.2, 0.25) is 0 Å². The third kappa shape index (κ3) is 4.43. The van der Waals surface area contributed by atoms with Crippen molar-refractivity contribution in [1.29, 1.82) is 0 Å². The number of rotatable bonds is 7. The first-order chi connectivity index (χ1) is 11.8. The van der Waals surface area contributed by atoms with E-state index < -0.39 is 5.97 Å². The Hall–Kier alpha value is -2.70. The van der Waals surface area contributed by atoms with Crippen LogP contribution in [0.5, 0.6) is 0 Å². The molecule has 0 aliphatic rings. The molecule has 0 bridgehead atoms. The van der Waals surface area contributed by atoms with Crippen molar-refractivity contribution in [2.24, 2.45) is 0 Å². The van der Waals surface area contributed by atoms with Gasteiger partial charge in [-0.15, -0.1) is 5.10 Å². The number of aliphatic carboxylic acids is 1. The highest BCUT2D eigenvalue weighted by Crippen LogP contribution is 2.23. The summed E-state index contributed by atoms with van der Waals surface area (Å²) in [5.74, 6) is -0.111. The number of carboxylic acid groups (broad SMARTS) is 1. The first-order valence-corrected chi connectivity index (χ1v) is 8.31. The minimum absolute atomic E-state index is 0.0281. The van der Waals surface area contributed by atoms with E-state index in [9.17, 15) is 9.59 Å². The summed E-state index contributed by atoms with van der Waals surface area (Å²) in [5, 5.41) is 13.1. The molecule has 7 heteroatoms. The number of amides is 1. The first kappa shape index (κ1) is 18.6. The number of para-hydroxylation sites is 1. The molecule has 134 valence electrons. The molecule has 0 spiro atoms. The van der Waals surface area contributed by atoms with Crippen molar-refractivity contribution in [3.8, 4) is 5.69 Å². The highest BCUT2D eigenvalue weighted by atomic mass is 16.4. The number of carbonyl (C=O) groups excluding carboxylic acids is 1. The lowest BCUT2D eigenvalue weighted by Crippen LogP contribution is -2.29. The molecule has 0 saturated carbocycles. The topological polar surface area (TPSA) is 88.3 Å². The van der Waals surface area contributed by atoms with Crippen LogP contribution in [-0.2, 0) is 4.79 Å². The predicted octanol–water partition coefficient (Wildman–Crippen LogP) is 2.64. The molecular formula is C18H24N4O3. The molecule has 1 amide bonds. The zero-order valence-electron chi connectivity index (χ0n) is 15.1. The van der Waals surface area contributed by atoms with Gasteiger partial charge in [0.1, 0.15) is 5.82 Å². The van der Waals surface area contributed by atoms with Crippen LogP contribution < -0.4 is 0 Å². The van der Waals surface area contributed by atoms with Gasteiger partial charge in [-0.2, -0.15) is 0 Å². The van der Waals surface area contributed by atoms with Crippen molar-refractivity contribution < 1.29 is 14.7 Å². The van der Waals surface area contributed by atoms with Crippen molar-refractivity contribution in [1.82, 2.24) is 19.7 Å². The number of benzene rings is 1. The minimum atomic E-state index is -0.871. The molecule has 0 aliphatic carbocycles. The van der Waals surface area contributed by atoms with Crippen LogP contribution in [0, 0.1) is 6.92 Å². The second-order valence-electron chi connectivity index (χ2n) is 6.33. The third-order valence-electron chi connectivity index (χ3n) is 3.98. The number of nitrogens with zero attached hydrogens (tertiary/aromatic N) is 4. The van der Waals surface area contributed by atoms with Crippen molar-refractivity contribution in [2.45, 2.75) is 39.5 Å². The summed E-state index contributed by atoms with van der Waals surface area (Å²) in [5.41, 5.74) is 2.04. The lowest BCUT2D eigenvalue weighted by Gasteiger charge is -2.14. The number of aromatic nitrogens is 3. The van der Waals surface area contributed by atoms with Gasteiger partial charge in [0, 0.05) is 20.0 Å². The maximum absolute atomic E-state index is 12.5. The van der Waals surface area contributed by atoms with E-state index in [1.807, 2.05) is 31.2 Å². The molecule has 0 fully saturated rings. The molecule has 7 nitrogen and oxygen atoms in total. The van der Waals surface area contributed by atoms with E-state index in [-0.39, 0.29) is 18.2 Å². The number of carbonyl (C=O) groups is 2. The molecule has 1 aromatic carbocycles. The third-order valence-corrected chi connectivity index (χ3v) is 3.98. The molecule has 0 saturated heterocycles. The van der Waals surface area contributed by atoms with Crippen LogP contribution >= 0.6 is 0 Å². The highest BCUT2D eigenvalue weighted by molar-refractivity contribution is 5.90. The Morgan fingerprint density at radius 2 is 1.96 bits per heavy atom. The Balaban J connectivity index is 2.23. The van der Waals surface area contributed by atoms with E-state index in [0.29, 0.717) is 24.7 Å². The zero-order valence-corrected chi connectivity index (χ0v) is 15.1. The quantitative estimate of drug-likeness (QED) is 0.834. The maximum Gasteiger partial charge on any atom is 0.303 e. The molecule has 0 radical (unpaired) electrons. The average molecular weight is 344 g/mol. The van der Waals surface area contributed by atoms with Crippen LogP contribution in [0.1, 0.15) is 54.6 Å². The number of aryl methyl sites for hydroxylation is 1. The van der Waals surface area contributed by atoms with E-state index in [0.717, 1.165) is 11.3 Å². The van der Waals surface area contributed by atoms with E-state index in [2.05, 4.69) is 23.9 Å². The van der Waals surface area contributed by atoms with Crippen molar-refractivity contribution in [3.63, 3.8) is 0 Å². The monoisotopic (exact) mass is 344 g/mol. The fourth-order valence-corrected chi connectivity index (χ4v) is 2.62. The van der Waals surface area contributed by atoms with Crippen LogP contribution in [0.15, 0.2) is 24.3 Å². The standard InChI is InChI=1S/C18H24N4O3/c1-12(2)14-8-5-6-9-15(14)22-13(3)19-17(20-22)18(25)21(4)11-7-10-16(23)24/h5-6,8-9,12H,7,10-11H2,1-4H3,(H,23,24). The minimum Gasteiger partial charge on any atom is -0.481 e. The van der Waals surface area contributed by atoms with Crippen LogP contribution in [-0.4, -0.2) is 50.2 Å². The molecule has 1 N–H and O–H groups in total. The average Bonchev–Trinajstić information content (AvgIpc) is 2.95. The van der Waals surface area contributed by atoms with E-state index in [1.54, 1.807) is 11.7 Å². The summed E-state index contributed by atoms with van der Waals surface area (Å²) in [6.45, 7) is 6.37. The van der Waals surface area contributed by atoms with Crippen molar-refractivity contribution in [3.05, 3.63) is 41.5 Å². The van der Waals surface area contributed by atoms with Gasteiger partial charge in [0.25, 0.3) is 5.91 Å².